The molecular weight excluding hydrogens is 528 g/mol. The van der Waals surface area contributed by atoms with Crippen molar-refractivity contribution >= 4 is 0 Å². The zero-order chi connectivity index (χ0) is 30.0. The highest BCUT2D eigenvalue weighted by atomic mass is 16.6. The van der Waals surface area contributed by atoms with E-state index in [2.05, 4.69) is 0 Å². The maximum Gasteiger partial charge on any atom is 0.115 e. The number of hydrogen-bond acceptors (Lipinski definition) is 15. The lowest BCUT2D eigenvalue weighted by Crippen LogP contribution is -2.58. The van der Waals surface area contributed by atoms with Crippen LogP contribution in [0.15, 0.2) is 0 Å². The van der Waals surface area contributed by atoms with E-state index in [9.17, 15) is 30.6 Å². The molecule has 15 atom stereocenters. The van der Waals surface area contributed by atoms with Crippen LogP contribution in [0.5, 0.6) is 0 Å². The van der Waals surface area contributed by atoms with E-state index in [4.69, 9.17) is 43.7 Å². The van der Waals surface area contributed by atoms with Crippen LogP contribution in [-0.2, 0) is 28.4 Å². The largest absolute Gasteiger partial charge is 0.394 e. The molecule has 39 heavy (non-hydrogen) atoms. The Labute approximate surface area is 228 Å². The summed E-state index contributed by atoms with van der Waals surface area (Å²) in [5, 5.41) is 83.2. The normalized spacial score (nSPS) is 43.6. The lowest BCUT2D eigenvalue weighted by atomic mass is 9.96. The smallest absolute Gasteiger partial charge is 0.115 e. The van der Waals surface area contributed by atoms with Crippen LogP contribution in [0.4, 0.5) is 0 Å². The van der Waals surface area contributed by atoms with Crippen LogP contribution >= 0.6 is 0 Å². The standard InChI is InChI=1S/3C8H16O5/c1-4-6(10)7(11)8(13-4)5(3-9)12-2;1-4-6(10)8(12-2)7(11)5(3-9)13-4;1-4-6(11)8(12-2)7(13-4)5(10)3-9/h3*4-11H,3H2,1-2H3/t4-,5-,6-,7?,8+;4-,5?,6?,7+,8-;4-,5-,6-,7+,8?/m111/s1. The maximum absolute atomic E-state index is 9.55. The molecule has 0 saturated carbocycles. The average Bonchev–Trinajstić information content (AvgIpc) is 3.36. The number of aliphatic hydroxyl groups excluding tert-OH is 9. The minimum atomic E-state index is -1.01. The second-order valence-corrected chi connectivity index (χ2v) is 9.73. The third kappa shape index (κ3) is 9.19. The Bertz CT molecular complexity index is 648. The molecule has 0 aromatic rings. The van der Waals surface area contributed by atoms with Gasteiger partial charge in [-0.15, -0.1) is 0 Å². The highest BCUT2D eigenvalue weighted by Crippen LogP contribution is 2.26. The Morgan fingerprint density at radius 3 is 1.51 bits per heavy atom. The fraction of sp³-hybridized carbons (Fsp3) is 1.00. The van der Waals surface area contributed by atoms with Gasteiger partial charge in [0, 0.05) is 21.3 Å². The lowest BCUT2D eigenvalue weighted by molar-refractivity contribution is -0.231. The molecule has 0 spiro atoms. The fourth-order valence-corrected chi connectivity index (χ4v) is 4.60. The van der Waals surface area contributed by atoms with Gasteiger partial charge in [-0.2, -0.15) is 0 Å². The summed E-state index contributed by atoms with van der Waals surface area (Å²) in [5.41, 5.74) is 0. The molecule has 15 heteroatoms. The monoisotopic (exact) mass is 576 g/mol. The lowest BCUT2D eigenvalue weighted by Gasteiger charge is -2.40. The van der Waals surface area contributed by atoms with Gasteiger partial charge in [-0.3, -0.25) is 0 Å². The van der Waals surface area contributed by atoms with E-state index in [1.807, 2.05) is 0 Å². The minimum Gasteiger partial charge on any atom is -0.394 e. The highest BCUT2D eigenvalue weighted by molar-refractivity contribution is 4.94. The number of methoxy groups -OCH3 is 3. The van der Waals surface area contributed by atoms with Gasteiger partial charge in [-0.1, -0.05) is 0 Å². The van der Waals surface area contributed by atoms with Crippen molar-refractivity contribution in [2.75, 3.05) is 41.2 Å². The van der Waals surface area contributed by atoms with Gasteiger partial charge in [0.05, 0.1) is 38.1 Å². The van der Waals surface area contributed by atoms with E-state index in [0.29, 0.717) is 0 Å². The van der Waals surface area contributed by atoms with Gasteiger partial charge < -0.3 is 74.4 Å². The predicted octanol–water partition coefficient (Wildman–Crippen LogP) is -4.49. The zero-order valence-corrected chi connectivity index (χ0v) is 23.3. The molecular formula is C24H48O15. The highest BCUT2D eigenvalue weighted by Gasteiger charge is 2.46. The van der Waals surface area contributed by atoms with Gasteiger partial charge in [0.2, 0.25) is 0 Å². The summed E-state index contributed by atoms with van der Waals surface area (Å²) in [5.74, 6) is 0. The SMILES string of the molecule is COC1[C@H]([C@H](O)CO)O[C@H](C)[C@H]1O.CO[C@@H]1C(O)[C@@H](C)OC(CO)[C@@H]1O.CO[C@H](CO)[C@@H]1O[C@H](C)[C@@H](O)C1O. The molecule has 0 aromatic carbocycles. The number of aliphatic hydroxyl groups is 9. The molecule has 9 N–H and O–H groups in total. The van der Waals surface area contributed by atoms with Crippen LogP contribution < -0.4 is 0 Å². The summed E-state index contributed by atoms with van der Waals surface area (Å²) in [6.45, 7) is 4.11. The molecule has 0 aliphatic carbocycles. The zero-order valence-electron chi connectivity index (χ0n) is 23.3. The van der Waals surface area contributed by atoms with Gasteiger partial charge in [-0.25, -0.2) is 0 Å². The number of ether oxygens (including phenoxy) is 6. The first-order chi connectivity index (χ1) is 18.3. The number of hydrogen-bond donors (Lipinski definition) is 9. The van der Waals surface area contributed by atoms with Crippen LogP contribution in [0, 0.1) is 0 Å². The van der Waals surface area contributed by atoms with Crippen LogP contribution in [0.3, 0.4) is 0 Å². The Morgan fingerprint density at radius 1 is 0.615 bits per heavy atom. The molecule has 15 nitrogen and oxygen atoms in total. The first kappa shape index (κ1) is 36.4. The molecule has 4 unspecified atom stereocenters. The second-order valence-electron chi connectivity index (χ2n) is 9.73. The predicted molar refractivity (Wildman–Crippen MR) is 133 cm³/mol. The van der Waals surface area contributed by atoms with Crippen molar-refractivity contribution in [1.29, 1.82) is 0 Å². The Morgan fingerprint density at radius 2 is 1.10 bits per heavy atom. The Balaban J connectivity index is 0.000000292. The summed E-state index contributed by atoms with van der Waals surface area (Å²) >= 11 is 0. The second kappa shape index (κ2) is 17.4. The Kier molecular flexibility index (Phi) is 16.2. The summed E-state index contributed by atoms with van der Waals surface area (Å²) in [6, 6.07) is 0. The topological polar surface area (TPSA) is 237 Å². The van der Waals surface area contributed by atoms with Crippen molar-refractivity contribution in [3.05, 3.63) is 0 Å². The molecule has 3 fully saturated rings. The molecule has 3 aliphatic rings. The van der Waals surface area contributed by atoms with E-state index in [1.54, 1.807) is 20.8 Å². The quantitative estimate of drug-likeness (QED) is 0.132. The van der Waals surface area contributed by atoms with E-state index in [-0.39, 0.29) is 19.3 Å². The third-order valence-electron chi connectivity index (χ3n) is 7.12. The summed E-state index contributed by atoms with van der Waals surface area (Å²) in [4.78, 5) is 0. The Hall–Kier alpha value is -0.600. The van der Waals surface area contributed by atoms with Crippen molar-refractivity contribution in [2.24, 2.45) is 0 Å². The van der Waals surface area contributed by atoms with Crippen LogP contribution in [-0.4, -0.2) is 179 Å². The van der Waals surface area contributed by atoms with Crippen molar-refractivity contribution in [3.63, 3.8) is 0 Å². The molecule has 3 rings (SSSR count). The summed E-state index contributed by atoms with van der Waals surface area (Å²) < 4.78 is 30.5. The molecule has 0 radical (unpaired) electrons. The first-order valence-electron chi connectivity index (χ1n) is 12.8. The first-order valence-corrected chi connectivity index (χ1v) is 12.8. The van der Waals surface area contributed by atoms with Crippen molar-refractivity contribution in [2.45, 2.75) is 112 Å². The average molecular weight is 577 g/mol. The summed E-state index contributed by atoms with van der Waals surface area (Å²) in [6.07, 6.45) is -10.6. The van der Waals surface area contributed by atoms with Crippen LogP contribution in [0.2, 0.25) is 0 Å². The molecule has 3 heterocycles. The van der Waals surface area contributed by atoms with Crippen LogP contribution in [0.25, 0.3) is 0 Å². The van der Waals surface area contributed by atoms with Gasteiger partial charge in [-0.05, 0) is 20.8 Å². The number of rotatable bonds is 8. The van der Waals surface area contributed by atoms with E-state index in [1.165, 1.54) is 21.3 Å². The van der Waals surface area contributed by atoms with Crippen molar-refractivity contribution in [1.82, 2.24) is 0 Å². The third-order valence-corrected chi connectivity index (χ3v) is 7.12. The minimum absolute atomic E-state index is 0.238. The van der Waals surface area contributed by atoms with Crippen molar-refractivity contribution in [3.8, 4) is 0 Å². The molecule has 0 aromatic heterocycles. The van der Waals surface area contributed by atoms with E-state index in [0.717, 1.165) is 0 Å². The van der Waals surface area contributed by atoms with Crippen molar-refractivity contribution < 1.29 is 74.4 Å². The van der Waals surface area contributed by atoms with Gasteiger partial charge in [0.1, 0.15) is 73.2 Å². The molecule has 0 amide bonds. The van der Waals surface area contributed by atoms with Gasteiger partial charge >= 0.3 is 0 Å². The van der Waals surface area contributed by atoms with E-state index < -0.39 is 92.1 Å². The van der Waals surface area contributed by atoms with Crippen LogP contribution in [0.1, 0.15) is 20.8 Å². The fourth-order valence-electron chi connectivity index (χ4n) is 4.60. The summed E-state index contributed by atoms with van der Waals surface area (Å²) in [7, 11) is 4.27. The molecule has 3 aliphatic heterocycles. The molecule has 0 bridgehead atoms. The molecule has 234 valence electrons. The van der Waals surface area contributed by atoms with Gasteiger partial charge in [0.25, 0.3) is 0 Å². The molecule has 3 saturated heterocycles. The maximum atomic E-state index is 9.55. The van der Waals surface area contributed by atoms with Gasteiger partial charge in [0.15, 0.2) is 0 Å². The van der Waals surface area contributed by atoms with E-state index >= 15 is 0 Å².